The van der Waals surface area contributed by atoms with E-state index in [4.69, 9.17) is 29.5 Å². The summed E-state index contributed by atoms with van der Waals surface area (Å²) in [5.41, 5.74) is -2.66. The fourth-order valence-corrected chi connectivity index (χ4v) is 4.96. The number of rotatable bonds is 7. The quantitative estimate of drug-likeness (QED) is 0.352. The van der Waals surface area contributed by atoms with E-state index >= 15 is 0 Å². The van der Waals surface area contributed by atoms with E-state index in [9.17, 15) is 23.3 Å². The van der Waals surface area contributed by atoms with Crippen LogP contribution in [0.1, 0.15) is 33.4 Å². The molecule has 1 N–H and O–H groups in total. The minimum atomic E-state index is -4.25. The summed E-state index contributed by atoms with van der Waals surface area (Å²) >= 11 is 0. The maximum Gasteiger partial charge on any atom is 0.475 e. The molecule has 6 atom stereocenters. The average Bonchev–Trinajstić information content (AvgIpc) is 2.98. The largest absolute Gasteiger partial charge is 0.475 e. The first kappa shape index (κ1) is 24.4. The van der Waals surface area contributed by atoms with E-state index in [0.29, 0.717) is 0 Å². The van der Waals surface area contributed by atoms with Crippen LogP contribution in [0.3, 0.4) is 0 Å². The van der Waals surface area contributed by atoms with Crippen LogP contribution >= 0.6 is 7.82 Å². The molecule has 3 heterocycles. The van der Waals surface area contributed by atoms with Crippen LogP contribution in [-0.4, -0.2) is 53.2 Å². The van der Waals surface area contributed by atoms with Crippen molar-refractivity contribution in [3.8, 4) is 12.3 Å². The summed E-state index contributed by atoms with van der Waals surface area (Å²) in [5.74, 6) is 1.74. The molecule has 0 radical (unpaired) electrons. The minimum Gasteiger partial charge on any atom is -0.463 e. The summed E-state index contributed by atoms with van der Waals surface area (Å²) in [7, 11) is -4.25. The Balaban J connectivity index is 1.71. The number of aromatic nitrogens is 2. The van der Waals surface area contributed by atoms with E-state index in [1.54, 1.807) is 20.8 Å². The first-order chi connectivity index (χ1) is 15.0. The fourth-order valence-electron chi connectivity index (χ4n) is 3.45. The van der Waals surface area contributed by atoms with Gasteiger partial charge in [-0.3, -0.25) is 32.7 Å². The number of nitrogens with one attached hydrogen (secondary N) is 1. The number of carbonyl (C=O) groups is 1. The van der Waals surface area contributed by atoms with Crippen LogP contribution in [0.15, 0.2) is 21.9 Å². The maximum absolute atomic E-state index is 14.1. The average molecular weight is 474 g/mol. The molecule has 1 aromatic heterocycles. The number of esters is 1. The molecule has 32 heavy (non-hydrogen) atoms. The first-order valence-corrected chi connectivity index (χ1v) is 11.3. The molecule has 1 aromatic rings. The molecule has 176 valence electrons. The minimum absolute atomic E-state index is 0.264. The van der Waals surface area contributed by atoms with E-state index in [-0.39, 0.29) is 6.61 Å². The molecular formula is C19H24FN2O9P. The molecule has 0 unspecified atom stereocenters. The van der Waals surface area contributed by atoms with Crippen molar-refractivity contribution in [3.63, 3.8) is 0 Å². The highest BCUT2D eigenvalue weighted by Gasteiger charge is 2.60. The second kappa shape index (κ2) is 9.29. The van der Waals surface area contributed by atoms with Gasteiger partial charge in [0, 0.05) is 12.3 Å². The van der Waals surface area contributed by atoms with Gasteiger partial charge in [0.25, 0.3) is 5.56 Å². The highest BCUT2D eigenvalue weighted by atomic mass is 31.2. The first-order valence-electron chi connectivity index (χ1n) is 9.83. The normalized spacial score (nSPS) is 32.8. The smallest absolute Gasteiger partial charge is 0.463 e. The fraction of sp³-hybridized carbons (Fsp3) is 0.632. The molecule has 2 aliphatic rings. The molecule has 11 nitrogen and oxygen atoms in total. The van der Waals surface area contributed by atoms with E-state index in [0.717, 1.165) is 10.6 Å². The molecule has 3 rings (SSSR count). The molecule has 0 aromatic carbocycles. The van der Waals surface area contributed by atoms with E-state index in [1.165, 1.54) is 6.20 Å². The summed E-state index contributed by atoms with van der Waals surface area (Å²) in [6.45, 7) is 3.80. The Morgan fingerprint density at radius 3 is 2.84 bits per heavy atom. The van der Waals surface area contributed by atoms with Gasteiger partial charge in [-0.2, -0.15) is 0 Å². The molecule has 2 saturated heterocycles. The number of hydrogen-bond donors (Lipinski definition) is 1. The number of phosphoric acid groups is 1. The lowest BCUT2D eigenvalue weighted by Crippen LogP contribution is -2.43. The number of H-pyrrole nitrogens is 1. The van der Waals surface area contributed by atoms with Crippen molar-refractivity contribution in [2.24, 2.45) is 5.41 Å². The number of nitrogens with zero attached hydrogens (tertiary/aromatic N) is 1. The number of phosphoric ester groups is 1. The van der Waals surface area contributed by atoms with Gasteiger partial charge >= 0.3 is 19.5 Å². The number of carbonyl (C=O) groups excluding carboxylic acids is 1. The van der Waals surface area contributed by atoms with Crippen molar-refractivity contribution in [3.05, 3.63) is 33.1 Å². The number of halogens is 1. The van der Waals surface area contributed by atoms with Crippen molar-refractivity contribution in [1.29, 1.82) is 0 Å². The number of terminal acetylenes is 1. The number of aromatic amines is 1. The lowest BCUT2D eigenvalue weighted by molar-refractivity contribution is -0.149. The number of alkyl halides is 1. The van der Waals surface area contributed by atoms with E-state index in [1.807, 2.05) is 0 Å². The zero-order chi connectivity index (χ0) is 23.7. The molecule has 2 aliphatic heterocycles. The van der Waals surface area contributed by atoms with Gasteiger partial charge in [0.1, 0.15) is 23.8 Å². The number of fused-ring (bicyclic) bond motifs is 1. The van der Waals surface area contributed by atoms with E-state index in [2.05, 4.69) is 10.9 Å². The standard InChI is InChI=1S/C19H24FN2O9P/c1-5-19(4)16-13(30-17(19)22-7-6-14(23)21-18(22)25)10-28-32(26,31-16)27-9-12(20)8-15(24)29-11(2)3/h1,6-7,11-13,16-17H,8-10H2,2-4H3,(H,21,23,25)/t12-,13-,16-,17-,19-,32-/m1/s1. The zero-order valence-corrected chi connectivity index (χ0v) is 18.6. The van der Waals surface area contributed by atoms with Gasteiger partial charge in [0.2, 0.25) is 0 Å². The van der Waals surface area contributed by atoms with Crippen LogP contribution in [0.25, 0.3) is 0 Å². The Morgan fingerprint density at radius 2 is 2.22 bits per heavy atom. The van der Waals surface area contributed by atoms with Gasteiger partial charge in [0.05, 0.1) is 25.7 Å². The molecule has 13 heteroatoms. The van der Waals surface area contributed by atoms with Gasteiger partial charge in [-0.05, 0) is 20.8 Å². The molecule has 0 amide bonds. The summed E-state index contributed by atoms with van der Waals surface area (Å²) < 4.78 is 54.5. The molecular weight excluding hydrogens is 450 g/mol. The Bertz CT molecular complexity index is 1060. The third-order valence-electron chi connectivity index (χ3n) is 4.97. The second-order valence-corrected chi connectivity index (χ2v) is 9.50. The van der Waals surface area contributed by atoms with Crippen molar-refractivity contribution < 1.29 is 36.8 Å². The summed E-state index contributed by atoms with van der Waals surface area (Å²) in [4.78, 5) is 37.2. The number of ether oxygens (including phenoxy) is 2. The molecule has 2 fully saturated rings. The van der Waals surface area contributed by atoms with Crippen LogP contribution < -0.4 is 11.2 Å². The predicted octanol–water partition coefficient (Wildman–Crippen LogP) is 1.29. The molecule has 0 spiro atoms. The molecule has 0 aliphatic carbocycles. The third-order valence-corrected chi connectivity index (χ3v) is 6.38. The Hall–Kier alpha value is -2.29. The summed E-state index contributed by atoms with van der Waals surface area (Å²) in [6.07, 6.45) is 1.23. The lowest BCUT2D eigenvalue weighted by Gasteiger charge is -2.35. The van der Waals surface area contributed by atoms with Crippen molar-refractivity contribution in [1.82, 2.24) is 9.55 Å². The van der Waals surface area contributed by atoms with Gasteiger partial charge in [-0.15, -0.1) is 6.42 Å². The van der Waals surface area contributed by atoms with Crippen LogP contribution in [0.5, 0.6) is 0 Å². The Morgan fingerprint density at radius 1 is 1.50 bits per heavy atom. The zero-order valence-electron chi connectivity index (χ0n) is 17.7. The van der Waals surface area contributed by atoms with Crippen molar-refractivity contribution in [2.45, 2.75) is 57.9 Å². The lowest BCUT2D eigenvalue weighted by atomic mass is 9.83. The van der Waals surface area contributed by atoms with Gasteiger partial charge in [0.15, 0.2) is 6.23 Å². The molecule has 0 bridgehead atoms. The Kier molecular flexibility index (Phi) is 7.07. The molecule has 0 saturated carbocycles. The van der Waals surface area contributed by atoms with Gasteiger partial charge < -0.3 is 9.47 Å². The van der Waals surface area contributed by atoms with Crippen molar-refractivity contribution in [2.75, 3.05) is 13.2 Å². The summed E-state index contributed by atoms with van der Waals surface area (Å²) in [5, 5.41) is 0. The van der Waals surface area contributed by atoms with Gasteiger partial charge in [-0.1, -0.05) is 5.92 Å². The third kappa shape index (κ3) is 5.03. The van der Waals surface area contributed by atoms with Crippen LogP contribution in [0.4, 0.5) is 4.39 Å². The predicted molar refractivity (Wildman–Crippen MR) is 107 cm³/mol. The van der Waals surface area contributed by atoms with Gasteiger partial charge in [-0.25, -0.2) is 13.8 Å². The monoisotopic (exact) mass is 474 g/mol. The van der Waals surface area contributed by atoms with Crippen LogP contribution in [0, 0.1) is 17.8 Å². The topological polar surface area (TPSA) is 135 Å². The maximum atomic E-state index is 14.1. The number of hydrogen-bond acceptors (Lipinski definition) is 9. The van der Waals surface area contributed by atoms with Crippen molar-refractivity contribution >= 4 is 13.8 Å². The SMILES string of the molecule is C#C[C@]1(C)[C@@H]2O[P@](=O)(OC[C@H](F)CC(=O)OC(C)C)OC[C@H]2O[C@H]1n1ccc(=O)[nH]c1=O. The van der Waals surface area contributed by atoms with Crippen LogP contribution in [0.2, 0.25) is 0 Å². The van der Waals surface area contributed by atoms with E-state index < -0.39 is 74.2 Å². The Labute approximate surface area is 182 Å². The second-order valence-electron chi connectivity index (χ2n) is 7.88. The highest BCUT2D eigenvalue weighted by Crippen LogP contribution is 2.60. The highest BCUT2D eigenvalue weighted by molar-refractivity contribution is 7.48. The summed E-state index contributed by atoms with van der Waals surface area (Å²) in [6, 6.07) is 1.13. The van der Waals surface area contributed by atoms with Crippen LogP contribution in [-0.2, 0) is 32.4 Å².